The van der Waals surface area contributed by atoms with E-state index in [2.05, 4.69) is 5.32 Å². The van der Waals surface area contributed by atoms with Crippen molar-refractivity contribution < 1.29 is 9.18 Å². The summed E-state index contributed by atoms with van der Waals surface area (Å²) in [6.07, 6.45) is 0.859. The molecule has 0 radical (unpaired) electrons. The SMILES string of the molecule is Nc1ccc(N2CCCNC2=O)cc1F. The first-order valence-electron chi connectivity index (χ1n) is 4.79. The quantitative estimate of drug-likeness (QED) is 0.685. The molecule has 1 aliphatic heterocycles. The molecule has 1 fully saturated rings. The summed E-state index contributed by atoms with van der Waals surface area (Å²) < 4.78 is 13.2. The van der Waals surface area contributed by atoms with Crippen LogP contribution in [0.15, 0.2) is 18.2 Å². The van der Waals surface area contributed by atoms with Gasteiger partial charge in [-0.05, 0) is 24.6 Å². The number of rotatable bonds is 1. The Hall–Kier alpha value is -1.78. The molecule has 4 nitrogen and oxygen atoms in total. The van der Waals surface area contributed by atoms with Crippen LogP contribution in [0.25, 0.3) is 0 Å². The molecule has 0 atom stereocenters. The highest BCUT2D eigenvalue weighted by Gasteiger charge is 2.19. The number of anilines is 2. The molecule has 15 heavy (non-hydrogen) atoms. The van der Waals surface area contributed by atoms with Crippen molar-refractivity contribution in [2.45, 2.75) is 6.42 Å². The van der Waals surface area contributed by atoms with Crippen LogP contribution < -0.4 is 16.0 Å². The maximum atomic E-state index is 13.2. The first-order valence-corrected chi connectivity index (χ1v) is 4.79. The summed E-state index contributed by atoms with van der Waals surface area (Å²) in [7, 11) is 0. The molecule has 1 aliphatic rings. The number of halogens is 1. The molecule has 1 heterocycles. The van der Waals surface area contributed by atoms with Gasteiger partial charge in [-0.15, -0.1) is 0 Å². The smallest absolute Gasteiger partial charge is 0.321 e. The van der Waals surface area contributed by atoms with E-state index < -0.39 is 5.82 Å². The fourth-order valence-electron chi connectivity index (χ4n) is 1.56. The summed E-state index contributed by atoms with van der Waals surface area (Å²) in [5, 5.41) is 2.70. The molecule has 5 heteroatoms. The molecule has 0 aromatic heterocycles. The van der Waals surface area contributed by atoms with Gasteiger partial charge in [0.25, 0.3) is 0 Å². The molecule has 0 aliphatic carbocycles. The monoisotopic (exact) mass is 209 g/mol. The Labute approximate surface area is 86.9 Å². The third-order valence-electron chi connectivity index (χ3n) is 2.38. The lowest BCUT2D eigenvalue weighted by Gasteiger charge is -2.27. The number of benzene rings is 1. The van der Waals surface area contributed by atoms with Gasteiger partial charge in [0.2, 0.25) is 0 Å². The zero-order valence-electron chi connectivity index (χ0n) is 8.16. The van der Waals surface area contributed by atoms with Gasteiger partial charge in [0.15, 0.2) is 0 Å². The van der Waals surface area contributed by atoms with Crippen molar-refractivity contribution in [2.75, 3.05) is 23.7 Å². The average molecular weight is 209 g/mol. The summed E-state index contributed by atoms with van der Waals surface area (Å²) in [5.74, 6) is -0.495. The van der Waals surface area contributed by atoms with E-state index in [0.717, 1.165) is 6.42 Å². The molecular formula is C10H12FN3O. The van der Waals surface area contributed by atoms with Gasteiger partial charge in [-0.2, -0.15) is 0 Å². The van der Waals surface area contributed by atoms with Crippen molar-refractivity contribution >= 4 is 17.4 Å². The highest BCUT2D eigenvalue weighted by Crippen LogP contribution is 2.21. The lowest BCUT2D eigenvalue weighted by molar-refractivity contribution is 0.243. The molecule has 0 saturated carbocycles. The molecule has 1 aromatic rings. The number of nitrogens with zero attached hydrogens (tertiary/aromatic N) is 1. The zero-order valence-corrected chi connectivity index (χ0v) is 8.16. The predicted octanol–water partition coefficient (Wildman–Crippen LogP) is 1.33. The van der Waals surface area contributed by atoms with Crippen molar-refractivity contribution in [1.29, 1.82) is 0 Å². The molecular weight excluding hydrogens is 197 g/mol. The number of nitrogen functional groups attached to an aromatic ring is 1. The molecule has 0 unspecified atom stereocenters. The second-order valence-corrected chi connectivity index (χ2v) is 3.44. The van der Waals surface area contributed by atoms with Crippen LogP contribution >= 0.6 is 0 Å². The Balaban J connectivity index is 2.28. The van der Waals surface area contributed by atoms with Gasteiger partial charge in [-0.25, -0.2) is 9.18 Å². The molecule has 0 spiro atoms. The maximum absolute atomic E-state index is 13.2. The van der Waals surface area contributed by atoms with Crippen molar-refractivity contribution in [3.8, 4) is 0 Å². The summed E-state index contributed by atoms with van der Waals surface area (Å²) in [6.45, 7) is 1.28. The lowest BCUT2D eigenvalue weighted by atomic mass is 10.2. The Morgan fingerprint density at radius 2 is 2.27 bits per heavy atom. The van der Waals surface area contributed by atoms with E-state index in [9.17, 15) is 9.18 Å². The van der Waals surface area contributed by atoms with Crippen molar-refractivity contribution in [3.05, 3.63) is 24.0 Å². The number of urea groups is 1. The van der Waals surface area contributed by atoms with Crippen LogP contribution in [0.3, 0.4) is 0 Å². The minimum Gasteiger partial charge on any atom is -0.396 e. The van der Waals surface area contributed by atoms with Gasteiger partial charge >= 0.3 is 6.03 Å². The predicted molar refractivity (Wildman–Crippen MR) is 56.2 cm³/mol. The number of hydrogen-bond acceptors (Lipinski definition) is 2. The average Bonchev–Trinajstić information content (AvgIpc) is 2.23. The van der Waals surface area contributed by atoms with Crippen molar-refractivity contribution in [1.82, 2.24) is 5.32 Å². The Morgan fingerprint density at radius 3 is 2.93 bits per heavy atom. The van der Waals surface area contributed by atoms with Gasteiger partial charge in [0, 0.05) is 18.8 Å². The van der Waals surface area contributed by atoms with E-state index in [1.54, 1.807) is 6.07 Å². The van der Waals surface area contributed by atoms with Crippen LogP contribution in [0.4, 0.5) is 20.6 Å². The van der Waals surface area contributed by atoms with Crippen molar-refractivity contribution in [3.63, 3.8) is 0 Å². The van der Waals surface area contributed by atoms with Gasteiger partial charge in [-0.3, -0.25) is 4.90 Å². The van der Waals surface area contributed by atoms with Crippen LogP contribution in [-0.2, 0) is 0 Å². The van der Waals surface area contributed by atoms with Crippen molar-refractivity contribution in [2.24, 2.45) is 0 Å². The molecule has 0 bridgehead atoms. The van der Waals surface area contributed by atoms with Crippen LogP contribution in [0.1, 0.15) is 6.42 Å². The molecule has 1 aromatic carbocycles. The Bertz CT molecular complexity index is 394. The van der Waals surface area contributed by atoms with Crippen LogP contribution in [-0.4, -0.2) is 19.1 Å². The van der Waals surface area contributed by atoms with Gasteiger partial charge in [0.05, 0.1) is 5.69 Å². The minimum absolute atomic E-state index is 0.0937. The fraction of sp³-hybridized carbons (Fsp3) is 0.300. The normalized spacial score (nSPS) is 16.3. The number of carbonyl (C=O) groups is 1. The number of amides is 2. The van der Waals surface area contributed by atoms with Gasteiger partial charge < -0.3 is 11.1 Å². The molecule has 1 saturated heterocycles. The standard InChI is InChI=1S/C10H12FN3O/c11-8-6-7(2-3-9(8)12)14-5-1-4-13-10(14)15/h2-3,6H,1,4-5,12H2,(H,13,15). The highest BCUT2D eigenvalue weighted by molar-refractivity contribution is 5.92. The first-order chi connectivity index (χ1) is 7.18. The summed E-state index contributed by atoms with van der Waals surface area (Å²) in [6, 6.07) is 4.20. The topological polar surface area (TPSA) is 58.4 Å². The zero-order chi connectivity index (χ0) is 10.8. The molecule has 3 N–H and O–H groups in total. The van der Waals surface area contributed by atoms with Crippen LogP contribution in [0, 0.1) is 5.82 Å². The second kappa shape index (κ2) is 3.76. The molecule has 2 amide bonds. The number of hydrogen-bond donors (Lipinski definition) is 2. The number of nitrogens with two attached hydrogens (primary N) is 1. The van der Waals surface area contributed by atoms with E-state index in [1.165, 1.54) is 17.0 Å². The third-order valence-corrected chi connectivity index (χ3v) is 2.38. The van der Waals surface area contributed by atoms with E-state index in [1.807, 2.05) is 0 Å². The first kappa shape index (κ1) is 9.76. The number of nitrogens with one attached hydrogen (secondary N) is 1. The molecule has 2 rings (SSSR count). The largest absolute Gasteiger partial charge is 0.396 e. The fourth-order valence-corrected chi connectivity index (χ4v) is 1.56. The van der Waals surface area contributed by atoms with Gasteiger partial charge in [0.1, 0.15) is 5.82 Å². The highest BCUT2D eigenvalue weighted by atomic mass is 19.1. The van der Waals surface area contributed by atoms with E-state index in [-0.39, 0.29) is 11.7 Å². The Morgan fingerprint density at radius 1 is 1.47 bits per heavy atom. The third kappa shape index (κ3) is 1.86. The second-order valence-electron chi connectivity index (χ2n) is 3.44. The maximum Gasteiger partial charge on any atom is 0.321 e. The minimum atomic E-state index is -0.495. The Kier molecular flexibility index (Phi) is 2.45. The lowest BCUT2D eigenvalue weighted by Crippen LogP contribution is -2.46. The summed E-state index contributed by atoms with van der Waals surface area (Å²) in [5.41, 5.74) is 5.99. The van der Waals surface area contributed by atoms with E-state index in [4.69, 9.17) is 5.73 Å². The number of carbonyl (C=O) groups excluding carboxylic acids is 1. The summed E-state index contributed by atoms with van der Waals surface area (Å²) in [4.78, 5) is 13.0. The van der Waals surface area contributed by atoms with Crippen LogP contribution in [0.2, 0.25) is 0 Å². The van der Waals surface area contributed by atoms with Gasteiger partial charge in [-0.1, -0.05) is 0 Å². The van der Waals surface area contributed by atoms with Crippen LogP contribution in [0.5, 0.6) is 0 Å². The summed E-state index contributed by atoms with van der Waals surface area (Å²) >= 11 is 0. The van der Waals surface area contributed by atoms with E-state index >= 15 is 0 Å². The van der Waals surface area contributed by atoms with E-state index in [0.29, 0.717) is 18.8 Å². The molecule has 80 valence electrons.